The Morgan fingerprint density at radius 1 is 1.35 bits per heavy atom. The summed E-state index contributed by atoms with van der Waals surface area (Å²) in [6.45, 7) is 4.36. The Morgan fingerprint density at radius 2 is 2.12 bits per heavy atom. The molecule has 4 heteroatoms. The van der Waals surface area contributed by atoms with Crippen molar-refractivity contribution in [3.63, 3.8) is 0 Å². The predicted octanol–water partition coefficient (Wildman–Crippen LogP) is 4.13. The van der Waals surface area contributed by atoms with E-state index in [-0.39, 0.29) is 0 Å². The lowest BCUT2D eigenvalue weighted by Gasteiger charge is -2.03. The van der Waals surface area contributed by atoms with Crippen LogP contribution >= 0.6 is 11.3 Å². The van der Waals surface area contributed by atoms with Gasteiger partial charge in [-0.25, -0.2) is 4.98 Å². The van der Waals surface area contributed by atoms with Crippen LogP contribution in [0.15, 0.2) is 29.4 Å². The molecule has 1 heterocycles. The van der Waals surface area contributed by atoms with Crippen LogP contribution in [0.4, 0.5) is 5.13 Å². The molecular weight excluding hydrogens is 230 g/mol. The maximum Gasteiger partial charge on any atom is 0.204 e. The lowest BCUT2D eigenvalue weighted by molar-refractivity contribution is 0.654. The van der Waals surface area contributed by atoms with Crippen LogP contribution in [-0.4, -0.2) is 11.2 Å². The molecule has 0 amide bonds. The topological polar surface area (TPSA) is 37.3 Å². The third-order valence-electron chi connectivity index (χ3n) is 2.79. The van der Waals surface area contributed by atoms with Gasteiger partial charge in [-0.15, -0.1) is 0 Å². The van der Waals surface area contributed by atoms with Crippen molar-refractivity contribution in [1.82, 2.24) is 4.98 Å². The van der Waals surface area contributed by atoms with Gasteiger partial charge in [0.15, 0.2) is 0 Å². The van der Waals surface area contributed by atoms with E-state index in [1.807, 2.05) is 24.4 Å². The Bertz CT molecular complexity index is 467. The summed E-state index contributed by atoms with van der Waals surface area (Å²) in [5.74, 6) is 0.553. The average molecular weight is 247 g/mol. The summed E-state index contributed by atoms with van der Waals surface area (Å²) in [6.07, 6.45) is 4.23. The normalized spacial score (nSPS) is 11.7. The van der Waals surface area contributed by atoms with E-state index < -0.39 is 0 Å². The summed E-state index contributed by atoms with van der Waals surface area (Å²) < 4.78 is 1.19. The van der Waals surface area contributed by atoms with Gasteiger partial charge in [0.25, 0.3) is 0 Å². The number of aromatic nitrogens is 1. The first-order valence-electron chi connectivity index (χ1n) is 5.98. The smallest absolute Gasteiger partial charge is 0.204 e. The van der Waals surface area contributed by atoms with E-state index in [2.05, 4.69) is 35.4 Å². The average Bonchev–Trinajstić information content (AvgIpc) is 2.77. The number of benzene rings is 1. The number of fused-ring (bicyclic) bond motifs is 1. The highest BCUT2D eigenvalue weighted by atomic mass is 32.1. The summed E-state index contributed by atoms with van der Waals surface area (Å²) in [6, 6.07) is 8.11. The number of nitrogens with zero attached hydrogens (tertiary/aromatic N) is 2. The molecule has 0 atom stereocenters. The molecule has 0 spiro atoms. The van der Waals surface area contributed by atoms with Crippen LogP contribution < -0.4 is 5.43 Å². The summed E-state index contributed by atoms with van der Waals surface area (Å²) in [4.78, 5) is 4.45. The van der Waals surface area contributed by atoms with Gasteiger partial charge in [0.1, 0.15) is 0 Å². The molecule has 0 saturated heterocycles. The number of thiazole rings is 1. The highest BCUT2D eigenvalue weighted by Crippen LogP contribution is 2.25. The number of hydrogen-bond donors (Lipinski definition) is 1. The Hall–Kier alpha value is -1.42. The zero-order chi connectivity index (χ0) is 12.1. The molecule has 0 aliphatic heterocycles. The van der Waals surface area contributed by atoms with Gasteiger partial charge in [-0.05, 0) is 30.9 Å². The SMILES string of the molecule is CCC(/C=N/Nc1nc2ccccc2s1)CC. The maximum absolute atomic E-state index is 4.45. The molecule has 17 heavy (non-hydrogen) atoms. The summed E-state index contributed by atoms with van der Waals surface area (Å²) in [5, 5.41) is 5.11. The summed E-state index contributed by atoms with van der Waals surface area (Å²) in [7, 11) is 0. The zero-order valence-corrected chi connectivity index (χ0v) is 11.0. The van der Waals surface area contributed by atoms with E-state index in [0.29, 0.717) is 5.92 Å². The number of hydrogen-bond acceptors (Lipinski definition) is 4. The summed E-state index contributed by atoms with van der Waals surface area (Å²) in [5.41, 5.74) is 4.04. The number of hydrazone groups is 1. The third-order valence-corrected chi connectivity index (χ3v) is 3.73. The molecule has 2 rings (SSSR count). The number of nitrogens with one attached hydrogen (secondary N) is 1. The van der Waals surface area contributed by atoms with Crippen molar-refractivity contribution >= 4 is 32.9 Å². The van der Waals surface area contributed by atoms with E-state index in [9.17, 15) is 0 Å². The second-order valence-electron chi connectivity index (χ2n) is 3.95. The molecule has 0 aliphatic rings. The first kappa shape index (κ1) is 12.0. The molecule has 0 radical (unpaired) electrons. The Balaban J connectivity index is 2.03. The van der Waals surface area contributed by atoms with Crippen molar-refractivity contribution in [2.75, 3.05) is 5.43 Å². The Kier molecular flexibility index (Phi) is 4.09. The molecule has 1 aromatic heterocycles. The standard InChI is InChI=1S/C13H17N3S/c1-3-10(4-2)9-14-16-13-15-11-7-5-6-8-12(11)17-13/h5-10H,3-4H2,1-2H3,(H,15,16)/b14-9+. The van der Waals surface area contributed by atoms with Crippen LogP contribution in [-0.2, 0) is 0 Å². The molecule has 0 fully saturated rings. The molecule has 1 N–H and O–H groups in total. The fourth-order valence-electron chi connectivity index (χ4n) is 1.62. The minimum atomic E-state index is 0.553. The van der Waals surface area contributed by atoms with E-state index >= 15 is 0 Å². The highest BCUT2D eigenvalue weighted by Gasteiger charge is 2.01. The quantitative estimate of drug-likeness (QED) is 0.637. The van der Waals surface area contributed by atoms with Gasteiger partial charge >= 0.3 is 0 Å². The maximum atomic E-state index is 4.45. The fraction of sp³-hybridized carbons (Fsp3) is 0.385. The molecule has 90 valence electrons. The lowest BCUT2D eigenvalue weighted by Crippen LogP contribution is -2.00. The van der Waals surface area contributed by atoms with Gasteiger partial charge < -0.3 is 0 Å². The van der Waals surface area contributed by atoms with Crippen LogP contribution in [0.25, 0.3) is 10.2 Å². The molecule has 0 aliphatic carbocycles. The van der Waals surface area contributed by atoms with Crippen molar-refractivity contribution < 1.29 is 0 Å². The van der Waals surface area contributed by atoms with Crippen molar-refractivity contribution in [3.8, 4) is 0 Å². The number of rotatable bonds is 5. The van der Waals surface area contributed by atoms with Gasteiger partial charge in [0.05, 0.1) is 10.2 Å². The molecule has 2 aromatic rings. The second-order valence-corrected chi connectivity index (χ2v) is 4.98. The molecule has 3 nitrogen and oxygen atoms in total. The van der Waals surface area contributed by atoms with Crippen molar-refractivity contribution in [2.24, 2.45) is 11.0 Å². The zero-order valence-electron chi connectivity index (χ0n) is 10.2. The Labute approximate surface area is 106 Å². The first-order valence-corrected chi connectivity index (χ1v) is 6.80. The van der Waals surface area contributed by atoms with Crippen LogP contribution in [0.1, 0.15) is 26.7 Å². The molecular formula is C13H17N3S. The van der Waals surface area contributed by atoms with Gasteiger partial charge in [-0.1, -0.05) is 37.3 Å². The molecule has 0 unspecified atom stereocenters. The fourth-order valence-corrected chi connectivity index (χ4v) is 2.43. The van der Waals surface area contributed by atoms with Gasteiger partial charge in [0.2, 0.25) is 5.13 Å². The van der Waals surface area contributed by atoms with E-state index in [1.54, 1.807) is 11.3 Å². The molecule has 1 aromatic carbocycles. The van der Waals surface area contributed by atoms with Crippen LogP contribution in [0.3, 0.4) is 0 Å². The number of para-hydroxylation sites is 1. The van der Waals surface area contributed by atoms with Crippen molar-refractivity contribution in [2.45, 2.75) is 26.7 Å². The van der Waals surface area contributed by atoms with E-state index in [1.165, 1.54) is 4.70 Å². The largest absolute Gasteiger partial charge is 0.253 e. The van der Waals surface area contributed by atoms with Gasteiger partial charge in [-0.2, -0.15) is 5.10 Å². The monoisotopic (exact) mass is 247 g/mol. The molecule has 0 bridgehead atoms. The van der Waals surface area contributed by atoms with Gasteiger partial charge in [0, 0.05) is 6.21 Å². The minimum absolute atomic E-state index is 0.553. The van der Waals surface area contributed by atoms with Gasteiger partial charge in [-0.3, -0.25) is 5.43 Å². The van der Waals surface area contributed by atoms with Crippen LogP contribution in [0, 0.1) is 5.92 Å². The van der Waals surface area contributed by atoms with E-state index in [0.717, 1.165) is 23.5 Å². The minimum Gasteiger partial charge on any atom is -0.253 e. The first-order chi connectivity index (χ1) is 8.33. The second kappa shape index (κ2) is 5.77. The van der Waals surface area contributed by atoms with Crippen molar-refractivity contribution in [3.05, 3.63) is 24.3 Å². The highest BCUT2D eigenvalue weighted by molar-refractivity contribution is 7.22. The third kappa shape index (κ3) is 3.03. The predicted molar refractivity (Wildman–Crippen MR) is 75.8 cm³/mol. The lowest BCUT2D eigenvalue weighted by atomic mass is 10.1. The van der Waals surface area contributed by atoms with Crippen LogP contribution in [0.2, 0.25) is 0 Å². The van der Waals surface area contributed by atoms with Crippen LogP contribution in [0.5, 0.6) is 0 Å². The summed E-state index contributed by atoms with van der Waals surface area (Å²) >= 11 is 1.63. The molecule has 0 saturated carbocycles. The van der Waals surface area contributed by atoms with Crippen molar-refractivity contribution in [1.29, 1.82) is 0 Å². The Morgan fingerprint density at radius 3 is 2.82 bits per heavy atom. The number of anilines is 1. The van der Waals surface area contributed by atoms with E-state index in [4.69, 9.17) is 0 Å².